The van der Waals surface area contributed by atoms with Gasteiger partial charge in [0.25, 0.3) is 5.91 Å². The second-order valence-corrected chi connectivity index (χ2v) is 16.3. The molecule has 3 aromatic carbocycles. The van der Waals surface area contributed by atoms with Crippen LogP contribution in [0.1, 0.15) is 30.0 Å². The van der Waals surface area contributed by atoms with Gasteiger partial charge in [0.1, 0.15) is 0 Å². The summed E-state index contributed by atoms with van der Waals surface area (Å²) in [5, 5.41) is 14.2. The van der Waals surface area contributed by atoms with Crippen molar-refractivity contribution in [1.82, 2.24) is 4.98 Å². The topological polar surface area (TPSA) is 94.7 Å². The number of rotatable bonds is 8. The van der Waals surface area contributed by atoms with Gasteiger partial charge in [0.05, 0.1) is 24.8 Å². The average molecular weight is 620 g/mol. The zero-order valence-electron chi connectivity index (χ0n) is 24.4. The van der Waals surface area contributed by atoms with Crippen LogP contribution in [0.5, 0.6) is 0 Å². The molecule has 0 saturated carbocycles. The lowest BCUT2D eigenvalue weighted by Crippen LogP contribution is -2.45. The molecule has 4 aromatic rings. The molecule has 4 atom stereocenters. The molecule has 2 amide bonds. The van der Waals surface area contributed by atoms with E-state index in [2.05, 4.69) is 10.3 Å². The van der Waals surface area contributed by atoms with E-state index in [1.165, 1.54) is 0 Å². The maximum atomic E-state index is 15.7. The smallest absolute Gasteiger partial charge is 0.264 e. The number of aliphatic hydroxyl groups excluding tert-OH is 1. The first-order chi connectivity index (χ1) is 20.5. The highest BCUT2D eigenvalue weighted by molar-refractivity contribution is 6.72. The van der Waals surface area contributed by atoms with Crippen molar-refractivity contribution >= 4 is 54.1 Å². The standard InChI is InChI=1S/C33H35ClFN3O4Si/c1-20-31(43(2,3)35)29(14-15-39)42-33(20)26-17-23(34)10-13-28(26)38(32(33)41)19-21-8-11-24(12-9-21)37-30(40)16-22-18-36-27-7-5-4-6-25(22)27/h4-13,17-18,20,29,31,36,39H,14-16,19H2,1-3H3,(H,37,40)/t20-,29+,31-,33+/m0/s1. The van der Waals surface area contributed by atoms with Crippen molar-refractivity contribution in [3.8, 4) is 0 Å². The van der Waals surface area contributed by atoms with Crippen LogP contribution in [0.15, 0.2) is 72.9 Å². The molecular formula is C33H35ClFN3O4Si. The fraction of sp³-hybridized carbons (Fsp3) is 0.333. The number of aromatic amines is 1. The number of anilines is 2. The molecule has 2 aliphatic heterocycles. The normalized spacial score (nSPS) is 23.3. The molecule has 43 heavy (non-hydrogen) atoms. The first kappa shape index (κ1) is 29.6. The third-order valence-corrected chi connectivity index (χ3v) is 11.6. The second-order valence-electron chi connectivity index (χ2n) is 12.1. The van der Waals surface area contributed by atoms with Gasteiger partial charge in [-0.25, -0.2) is 0 Å². The van der Waals surface area contributed by atoms with Gasteiger partial charge in [0, 0.05) is 51.4 Å². The third-order valence-electron chi connectivity index (χ3n) is 8.94. The van der Waals surface area contributed by atoms with Crippen molar-refractivity contribution in [2.24, 2.45) is 5.92 Å². The summed E-state index contributed by atoms with van der Waals surface area (Å²) in [4.78, 5) is 32.0. The van der Waals surface area contributed by atoms with E-state index in [1.807, 2.05) is 67.7 Å². The number of aromatic nitrogens is 1. The molecule has 224 valence electrons. The van der Waals surface area contributed by atoms with Crippen molar-refractivity contribution in [3.63, 3.8) is 0 Å². The average Bonchev–Trinajstić information content (AvgIpc) is 3.57. The van der Waals surface area contributed by atoms with Crippen molar-refractivity contribution in [1.29, 1.82) is 0 Å². The Morgan fingerprint density at radius 3 is 2.63 bits per heavy atom. The van der Waals surface area contributed by atoms with Crippen molar-refractivity contribution < 1.29 is 23.5 Å². The third kappa shape index (κ3) is 5.18. The monoisotopic (exact) mass is 619 g/mol. The summed E-state index contributed by atoms with van der Waals surface area (Å²) in [6, 6.07) is 20.6. The number of ether oxygens (including phenoxy) is 1. The lowest BCUT2D eigenvalue weighted by molar-refractivity contribution is -0.146. The molecule has 1 aromatic heterocycles. The highest BCUT2D eigenvalue weighted by Gasteiger charge is 2.66. The van der Waals surface area contributed by atoms with Gasteiger partial charge >= 0.3 is 0 Å². The van der Waals surface area contributed by atoms with E-state index < -0.39 is 31.6 Å². The number of hydrogen-bond donors (Lipinski definition) is 3. The lowest BCUT2D eigenvalue weighted by Gasteiger charge is -2.31. The molecular weight excluding hydrogens is 585 g/mol. The maximum Gasteiger partial charge on any atom is 0.264 e. The molecule has 7 nitrogen and oxygen atoms in total. The minimum Gasteiger partial charge on any atom is -0.396 e. The minimum absolute atomic E-state index is 0.126. The van der Waals surface area contributed by atoms with Crippen LogP contribution in [0.25, 0.3) is 10.9 Å². The number of nitrogens with one attached hydrogen (secondary N) is 2. The summed E-state index contributed by atoms with van der Waals surface area (Å²) < 4.78 is 22.2. The SMILES string of the molecule is C[C@H]1[C@H]([Si](C)(C)F)[C@@H](CCO)O[C@]12C(=O)N(Cc1ccc(NC(=O)Cc3c[nH]c4ccccc34)cc1)c1ccc(Cl)cc12. The molecule has 3 N–H and O–H groups in total. The Bertz CT molecular complexity index is 1690. The maximum absolute atomic E-state index is 15.7. The van der Waals surface area contributed by atoms with E-state index in [9.17, 15) is 14.7 Å². The Morgan fingerprint density at radius 1 is 1.16 bits per heavy atom. The van der Waals surface area contributed by atoms with E-state index in [0.29, 0.717) is 22.0 Å². The number of para-hydroxylation sites is 1. The summed E-state index contributed by atoms with van der Waals surface area (Å²) in [5.41, 5.74) is 2.90. The quantitative estimate of drug-likeness (QED) is 0.151. The van der Waals surface area contributed by atoms with E-state index in [0.717, 1.165) is 22.0 Å². The van der Waals surface area contributed by atoms with Crippen LogP contribution in [-0.2, 0) is 32.9 Å². The highest BCUT2D eigenvalue weighted by Crippen LogP contribution is 2.60. The van der Waals surface area contributed by atoms with E-state index in [-0.39, 0.29) is 37.8 Å². The van der Waals surface area contributed by atoms with Crippen LogP contribution < -0.4 is 10.2 Å². The van der Waals surface area contributed by atoms with Gasteiger partial charge in [0.2, 0.25) is 14.3 Å². The van der Waals surface area contributed by atoms with Crippen LogP contribution in [0, 0.1) is 5.92 Å². The fourth-order valence-corrected chi connectivity index (χ4v) is 9.82. The van der Waals surface area contributed by atoms with E-state index in [4.69, 9.17) is 16.3 Å². The molecule has 0 aliphatic carbocycles. The number of hydrogen-bond acceptors (Lipinski definition) is 4. The molecule has 0 unspecified atom stereocenters. The molecule has 0 radical (unpaired) electrons. The molecule has 1 saturated heterocycles. The number of benzene rings is 3. The number of fused-ring (bicyclic) bond motifs is 3. The Labute approximate surface area is 256 Å². The van der Waals surface area contributed by atoms with Gasteiger partial charge in [-0.15, -0.1) is 0 Å². The largest absolute Gasteiger partial charge is 0.396 e. The summed E-state index contributed by atoms with van der Waals surface area (Å²) >= 11 is 6.42. The molecule has 0 bridgehead atoms. The van der Waals surface area contributed by atoms with Crippen molar-refractivity contribution in [3.05, 3.63) is 94.6 Å². The lowest BCUT2D eigenvalue weighted by atomic mass is 9.82. The highest BCUT2D eigenvalue weighted by atomic mass is 35.5. The number of aliphatic hydroxyl groups is 1. The summed E-state index contributed by atoms with van der Waals surface area (Å²) in [6.07, 6.45) is 1.78. The zero-order valence-corrected chi connectivity index (χ0v) is 26.1. The number of nitrogens with zero attached hydrogens (tertiary/aromatic N) is 1. The second kappa shape index (κ2) is 11.2. The Kier molecular flexibility index (Phi) is 7.70. The Hall–Kier alpha value is -3.50. The minimum atomic E-state index is -3.27. The van der Waals surface area contributed by atoms with Gasteiger partial charge < -0.3 is 29.2 Å². The first-order valence-corrected chi connectivity index (χ1v) is 17.9. The van der Waals surface area contributed by atoms with Gasteiger partial charge in [-0.2, -0.15) is 0 Å². The van der Waals surface area contributed by atoms with Gasteiger partial charge in [-0.3, -0.25) is 9.59 Å². The van der Waals surface area contributed by atoms with Gasteiger partial charge in [0.15, 0.2) is 5.60 Å². The molecule has 2 aliphatic rings. The van der Waals surface area contributed by atoms with Crippen LogP contribution in [0.4, 0.5) is 15.5 Å². The predicted molar refractivity (Wildman–Crippen MR) is 169 cm³/mol. The van der Waals surface area contributed by atoms with E-state index in [1.54, 1.807) is 30.1 Å². The zero-order chi connectivity index (χ0) is 30.5. The van der Waals surface area contributed by atoms with Gasteiger partial charge in [-0.05, 0) is 67.0 Å². The number of halogens is 2. The van der Waals surface area contributed by atoms with Crippen LogP contribution in [0.3, 0.4) is 0 Å². The molecule has 3 heterocycles. The van der Waals surface area contributed by atoms with Crippen LogP contribution in [-0.4, -0.2) is 43.0 Å². The van der Waals surface area contributed by atoms with Crippen LogP contribution in [0.2, 0.25) is 23.7 Å². The van der Waals surface area contributed by atoms with Crippen molar-refractivity contribution in [2.45, 2.75) is 56.7 Å². The van der Waals surface area contributed by atoms with Crippen LogP contribution >= 0.6 is 11.6 Å². The number of amides is 2. The first-order valence-electron chi connectivity index (χ1n) is 14.6. The summed E-state index contributed by atoms with van der Waals surface area (Å²) in [7, 11) is -3.27. The predicted octanol–water partition coefficient (Wildman–Crippen LogP) is 6.71. The Morgan fingerprint density at radius 2 is 1.91 bits per heavy atom. The molecule has 1 fully saturated rings. The molecule has 10 heteroatoms. The summed E-state index contributed by atoms with van der Waals surface area (Å²) in [6.45, 7) is 5.27. The van der Waals surface area contributed by atoms with Crippen molar-refractivity contribution in [2.75, 3.05) is 16.8 Å². The van der Waals surface area contributed by atoms with E-state index >= 15 is 4.11 Å². The number of H-pyrrole nitrogens is 1. The fourth-order valence-electron chi connectivity index (χ4n) is 7.11. The molecule has 6 rings (SSSR count). The Balaban J connectivity index is 1.22. The number of carbonyl (C=O) groups is 2. The molecule has 1 spiro atoms. The van der Waals surface area contributed by atoms with Gasteiger partial charge in [-0.1, -0.05) is 48.9 Å². The summed E-state index contributed by atoms with van der Waals surface area (Å²) in [5.74, 6) is -0.823. The number of carbonyl (C=O) groups excluding carboxylic acids is 2.